The van der Waals surface area contributed by atoms with Gasteiger partial charge in [-0.3, -0.25) is 18.7 Å². The summed E-state index contributed by atoms with van der Waals surface area (Å²) in [4.78, 5) is 79.0. The largest absolute Gasteiger partial charge is 0.376 e. The highest BCUT2D eigenvalue weighted by Crippen LogP contribution is 2.17. The van der Waals surface area contributed by atoms with Gasteiger partial charge in [0.2, 0.25) is 0 Å². The van der Waals surface area contributed by atoms with Crippen molar-refractivity contribution in [2.75, 3.05) is 13.1 Å². The van der Waals surface area contributed by atoms with E-state index in [0.717, 1.165) is 0 Å². The molecule has 0 radical (unpaired) electrons. The van der Waals surface area contributed by atoms with Crippen molar-refractivity contribution >= 4 is 56.4 Å². The van der Waals surface area contributed by atoms with Gasteiger partial charge in [0.15, 0.2) is 0 Å². The van der Waals surface area contributed by atoms with Crippen LogP contribution in [0.25, 0.3) is 0 Å². The van der Waals surface area contributed by atoms with Gasteiger partial charge in [-0.05, 0) is 12.8 Å². The fraction of sp³-hybridized carbons (Fsp3) is 0.571. The lowest BCUT2D eigenvalue weighted by Crippen LogP contribution is -2.37. The maximum atomic E-state index is 11.7. The van der Waals surface area contributed by atoms with Crippen molar-refractivity contribution in [2.45, 2.75) is 38.5 Å². The quantitative estimate of drug-likeness (QED) is 0.173. The molecule has 0 aromatic carbocycles. The first-order valence-electron chi connectivity index (χ1n) is 9.28. The summed E-state index contributed by atoms with van der Waals surface area (Å²) in [6, 6.07) is -3.09. The molecule has 0 atom stereocenters. The molecular weight excluding hydrogens is 512 g/mol. The number of carbonyl (C=O) groups is 6. The zero-order valence-electron chi connectivity index (χ0n) is 17.1. The topological polar surface area (TPSA) is 243 Å². The molecular formula is C14H18N4O14S2. The van der Waals surface area contributed by atoms with Crippen LogP contribution in [0.15, 0.2) is 0 Å². The molecule has 190 valence electrons. The number of carbonyl (C=O) groups excluding carboxylic acids is 6. The molecule has 0 saturated carbocycles. The van der Waals surface area contributed by atoms with Gasteiger partial charge in [0.25, 0.3) is 11.8 Å². The van der Waals surface area contributed by atoms with Crippen LogP contribution >= 0.6 is 0 Å². The second-order valence-electron chi connectivity index (χ2n) is 6.75. The van der Waals surface area contributed by atoms with Crippen LogP contribution in [0.3, 0.4) is 0 Å². The molecule has 2 fully saturated rings. The van der Waals surface area contributed by atoms with E-state index in [0.29, 0.717) is 12.8 Å². The zero-order valence-corrected chi connectivity index (χ0v) is 18.7. The van der Waals surface area contributed by atoms with Crippen molar-refractivity contribution in [1.29, 1.82) is 0 Å². The molecule has 18 nitrogen and oxygen atoms in total. The van der Waals surface area contributed by atoms with Gasteiger partial charge in [-0.15, -0.1) is 0 Å². The van der Waals surface area contributed by atoms with E-state index in [9.17, 15) is 45.6 Å². The van der Waals surface area contributed by atoms with Gasteiger partial charge in [0.05, 0.1) is 0 Å². The summed E-state index contributed by atoms with van der Waals surface area (Å²) < 4.78 is 61.1. The Morgan fingerprint density at radius 2 is 1.00 bits per heavy atom. The van der Waals surface area contributed by atoms with E-state index in [1.54, 1.807) is 0 Å². The molecule has 2 aliphatic heterocycles. The Bertz CT molecular complexity index is 1030. The average molecular weight is 530 g/mol. The van der Waals surface area contributed by atoms with Crippen molar-refractivity contribution in [3.05, 3.63) is 0 Å². The highest BCUT2D eigenvalue weighted by atomic mass is 32.2. The van der Waals surface area contributed by atoms with E-state index >= 15 is 0 Å². The van der Waals surface area contributed by atoms with E-state index in [1.807, 2.05) is 0 Å². The average Bonchev–Trinajstić information content (AvgIpc) is 3.15. The fourth-order valence-corrected chi connectivity index (χ4v) is 3.74. The molecule has 2 aliphatic rings. The van der Waals surface area contributed by atoms with Crippen molar-refractivity contribution < 1.29 is 64.4 Å². The summed E-state index contributed by atoms with van der Waals surface area (Å²) in [5.41, 5.74) is 0. The molecule has 0 unspecified atom stereocenters. The van der Waals surface area contributed by atoms with Gasteiger partial charge in [0.1, 0.15) is 13.1 Å². The number of amides is 6. The van der Waals surface area contributed by atoms with Gasteiger partial charge >= 0.3 is 44.6 Å². The van der Waals surface area contributed by atoms with Crippen molar-refractivity contribution in [3.8, 4) is 0 Å². The van der Waals surface area contributed by atoms with E-state index in [-0.39, 0.29) is 44.4 Å². The molecule has 2 heterocycles. The van der Waals surface area contributed by atoms with E-state index < -0.39 is 69.5 Å². The van der Waals surface area contributed by atoms with Crippen molar-refractivity contribution in [1.82, 2.24) is 18.7 Å². The number of hydrogen-bond acceptors (Lipinski definition) is 12. The fourth-order valence-electron chi connectivity index (χ4n) is 2.65. The molecule has 6 amide bonds. The maximum absolute atomic E-state index is 11.7. The van der Waals surface area contributed by atoms with Crippen LogP contribution in [0.5, 0.6) is 0 Å². The monoisotopic (exact) mass is 530 g/mol. The lowest BCUT2D eigenvalue weighted by atomic mass is 10.1. The molecule has 0 aromatic heterocycles. The number of nitrogens with zero attached hydrogens (tertiary/aromatic N) is 4. The zero-order chi connectivity index (χ0) is 25.8. The van der Waals surface area contributed by atoms with Crippen molar-refractivity contribution in [3.63, 3.8) is 0 Å². The minimum absolute atomic E-state index is 0.0871. The van der Waals surface area contributed by atoms with Crippen LogP contribution in [-0.4, -0.2) is 93.6 Å². The normalized spacial score (nSPS) is 17.1. The predicted octanol–water partition coefficient (Wildman–Crippen LogP) is -1.62. The number of urea groups is 2. The summed E-state index contributed by atoms with van der Waals surface area (Å²) >= 11 is 0. The lowest BCUT2D eigenvalue weighted by molar-refractivity contribution is -0.182. The Hall–Kier alpha value is -3.36. The van der Waals surface area contributed by atoms with E-state index in [4.69, 9.17) is 9.11 Å². The molecule has 34 heavy (non-hydrogen) atoms. The van der Waals surface area contributed by atoms with Crippen LogP contribution in [0.2, 0.25) is 0 Å². The Morgan fingerprint density at radius 1 is 0.676 bits per heavy atom. The molecule has 0 bridgehead atoms. The number of hydroxylamine groups is 4. The van der Waals surface area contributed by atoms with Gasteiger partial charge in [0, 0.05) is 12.8 Å². The smallest absolute Gasteiger partial charge is 0.329 e. The number of imide groups is 2. The van der Waals surface area contributed by atoms with Crippen molar-refractivity contribution in [2.24, 2.45) is 0 Å². The van der Waals surface area contributed by atoms with Gasteiger partial charge in [-0.2, -0.15) is 25.4 Å². The molecule has 2 saturated heterocycles. The highest BCUT2D eigenvalue weighted by Gasteiger charge is 2.46. The Kier molecular flexibility index (Phi) is 8.13. The molecule has 0 spiro atoms. The minimum Gasteiger partial charge on any atom is -0.329 e. The summed E-state index contributed by atoms with van der Waals surface area (Å²) in [5.74, 6) is -4.42. The lowest BCUT2D eigenvalue weighted by Gasteiger charge is -2.14. The minimum atomic E-state index is -5.00. The predicted molar refractivity (Wildman–Crippen MR) is 101 cm³/mol. The number of hydrogen-bond donors (Lipinski definition) is 2. The van der Waals surface area contributed by atoms with Crippen LogP contribution in [0.1, 0.15) is 38.5 Å². The number of unbranched alkanes of at least 4 members (excludes halogenated alkanes) is 3. The third-order valence-electron chi connectivity index (χ3n) is 4.24. The molecule has 2 N–H and O–H groups in total. The van der Waals surface area contributed by atoms with Gasteiger partial charge in [-0.1, -0.05) is 23.0 Å². The van der Waals surface area contributed by atoms with E-state index in [1.165, 1.54) is 0 Å². The second kappa shape index (κ2) is 10.3. The summed E-state index contributed by atoms with van der Waals surface area (Å²) in [5, 5.41) is -0.174. The summed E-state index contributed by atoms with van der Waals surface area (Å²) in [7, 11) is -10.00. The van der Waals surface area contributed by atoms with Crippen LogP contribution in [-0.2, 0) is 49.5 Å². The molecule has 2 rings (SSSR count). The third-order valence-corrected chi connectivity index (χ3v) is 5.92. The first kappa shape index (κ1) is 26.9. The van der Waals surface area contributed by atoms with Gasteiger partial charge < -0.3 is 9.68 Å². The highest BCUT2D eigenvalue weighted by molar-refractivity contribution is 7.84. The SMILES string of the molecule is O=C(CCCCCCC(=O)ON1C(=O)CN(S(=O)(=O)O)C1=O)ON1C(=O)CN(S(=O)(=O)O)C1=O. The summed E-state index contributed by atoms with van der Waals surface area (Å²) in [6.07, 6.45) is 0.487. The van der Waals surface area contributed by atoms with E-state index in [2.05, 4.69) is 9.68 Å². The standard InChI is InChI=1S/C14H18N4O14S2/c19-9-7-15(33(25,26)27)13(23)17(9)31-11(21)5-3-1-2-4-6-12(22)32-18-10(20)8-16(14(18)24)34(28,29)30/h1-8H2,(H,25,26,27)(H,28,29,30). The Morgan fingerprint density at radius 3 is 1.26 bits per heavy atom. The van der Waals surface area contributed by atoms with Crippen LogP contribution in [0, 0.1) is 0 Å². The van der Waals surface area contributed by atoms with Gasteiger partial charge in [-0.25, -0.2) is 19.2 Å². The third kappa shape index (κ3) is 6.59. The maximum Gasteiger partial charge on any atom is 0.376 e. The number of rotatable bonds is 11. The second-order valence-corrected chi connectivity index (χ2v) is 9.42. The first-order chi connectivity index (χ1) is 15.6. The Balaban J connectivity index is 1.65. The molecule has 0 aliphatic carbocycles. The van der Waals surface area contributed by atoms with Crippen LogP contribution in [0.4, 0.5) is 9.59 Å². The summed E-state index contributed by atoms with van der Waals surface area (Å²) in [6.45, 7) is -2.05. The first-order valence-corrected chi connectivity index (χ1v) is 12.1. The Labute approximate surface area is 191 Å². The molecule has 20 heteroatoms. The van der Waals surface area contributed by atoms with Crippen LogP contribution < -0.4 is 0 Å². The molecule has 0 aromatic rings.